The molecule has 0 atom stereocenters. The van der Waals surface area contributed by atoms with Gasteiger partial charge in [0.05, 0.1) is 0 Å². The molecule has 0 spiro atoms. The van der Waals surface area contributed by atoms with Crippen LogP contribution in [0, 0.1) is 0 Å². The lowest BCUT2D eigenvalue weighted by molar-refractivity contribution is 0.160. The largest absolute Gasteiger partial charge is 0.465 e. The number of hydrogen-bond acceptors (Lipinski definition) is 2. The predicted octanol–water partition coefficient (Wildman–Crippen LogP) is 3.21. The molecule has 20 heavy (non-hydrogen) atoms. The minimum Gasteiger partial charge on any atom is -0.465 e. The lowest BCUT2D eigenvalue weighted by Crippen LogP contribution is -2.24. The van der Waals surface area contributed by atoms with Gasteiger partial charge < -0.3 is 15.3 Å². The van der Waals surface area contributed by atoms with Crippen LogP contribution >= 0.6 is 0 Å². The number of allylic oxidation sites excluding steroid dienone is 6. The summed E-state index contributed by atoms with van der Waals surface area (Å²) in [5, 5.41) is 11.9. The Morgan fingerprint density at radius 1 is 1.45 bits per heavy atom. The van der Waals surface area contributed by atoms with Crippen LogP contribution < -0.4 is 5.32 Å². The number of hydrogen-bond donors (Lipinski definition) is 2. The summed E-state index contributed by atoms with van der Waals surface area (Å²) >= 11 is 0. The number of nitrogens with one attached hydrogen (secondary N) is 1. The van der Waals surface area contributed by atoms with Crippen molar-refractivity contribution in [2.75, 3.05) is 27.2 Å². The lowest BCUT2D eigenvalue weighted by Gasteiger charge is -2.10. The fraction of sp³-hybridized carbons (Fsp3) is 0.438. The van der Waals surface area contributed by atoms with Crippen LogP contribution in [0.1, 0.15) is 19.8 Å². The number of carbonyl (C=O) groups is 1. The highest BCUT2D eigenvalue weighted by molar-refractivity contribution is 5.64. The Kier molecular flexibility index (Phi) is 10.1. The Bertz CT molecular complexity index is 395. The lowest BCUT2D eigenvalue weighted by atomic mass is 10.1. The van der Waals surface area contributed by atoms with E-state index in [4.69, 9.17) is 5.11 Å². The van der Waals surface area contributed by atoms with E-state index in [1.54, 1.807) is 13.1 Å². The van der Waals surface area contributed by atoms with Crippen LogP contribution in [0.15, 0.2) is 48.1 Å². The molecule has 0 aromatic carbocycles. The molecule has 2 N–H and O–H groups in total. The predicted molar refractivity (Wildman–Crippen MR) is 85.0 cm³/mol. The normalized spacial score (nSPS) is 12.8. The molecule has 0 unspecified atom stereocenters. The maximum atomic E-state index is 10.7. The fourth-order valence-electron chi connectivity index (χ4n) is 1.52. The quantitative estimate of drug-likeness (QED) is 0.503. The molecule has 0 fully saturated rings. The van der Waals surface area contributed by atoms with Gasteiger partial charge in [0.25, 0.3) is 0 Å². The number of carboxylic acid groups (broad SMARTS) is 1. The molecular formula is C16H26N2O2. The third-order valence-corrected chi connectivity index (χ3v) is 2.85. The molecule has 0 saturated carbocycles. The van der Waals surface area contributed by atoms with E-state index in [1.807, 2.05) is 26.1 Å². The second-order valence-corrected chi connectivity index (χ2v) is 4.56. The summed E-state index contributed by atoms with van der Waals surface area (Å²) in [5.41, 5.74) is 2.10. The molecule has 1 amide bonds. The molecule has 0 saturated heterocycles. The first-order valence-electron chi connectivity index (χ1n) is 6.78. The highest BCUT2D eigenvalue weighted by Crippen LogP contribution is 2.12. The van der Waals surface area contributed by atoms with Crippen LogP contribution in [0.3, 0.4) is 0 Å². The van der Waals surface area contributed by atoms with Crippen LogP contribution in [-0.2, 0) is 0 Å². The molecule has 0 radical (unpaired) electrons. The molecule has 0 rings (SSSR count). The summed E-state index contributed by atoms with van der Waals surface area (Å²) in [6.07, 6.45) is 10.9. The molecule has 0 aromatic heterocycles. The van der Waals surface area contributed by atoms with Gasteiger partial charge in [-0.15, -0.1) is 0 Å². The van der Waals surface area contributed by atoms with Crippen molar-refractivity contribution in [3.63, 3.8) is 0 Å². The average molecular weight is 278 g/mol. The van der Waals surface area contributed by atoms with Crippen molar-refractivity contribution in [2.45, 2.75) is 19.8 Å². The van der Waals surface area contributed by atoms with Crippen molar-refractivity contribution >= 4 is 6.09 Å². The summed E-state index contributed by atoms with van der Waals surface area (Å²) in [6, 6.07) is 0. The van der Waals surface area contributed by atoms with Gasteiger partial charge in [-0.2, -0.15) is 0 Å². The van der Waals surface area contributed by atoms with Crippen molar-refractivity contribution < 1.29 is 9.90 Å². The van der Waals surface area contributed by atoms with Gasteiger partial charge in [-0.05, 0) is 44.5 Å². The minimum absolute atomic E-state index is 0.378. The molecule has 0 bridgehead atoms. The molecule has 0 aromatic rings. The zero-order valence-electron chi connectivity index (χ0n) is 12.7. The molecule has 0 heterocycles. The van der Waals surface area contributed by atoms with E-state index >= 15 is 0 Å². The minimum atomic E-state index is -0.925. The molecule has 0 aliphatic rings. The first kappa shape index (κ1) is 18.2. The first-order chi connectivity index (χ1) is 9.52. The average Bonchev–Trinajstić information content (AvgIpc) is 2.42. The first-order valence-corrected chi connectivity index (χ1v) is 6.78. The van der Waals surface area contributed by atoms with Crippen molar-refractivity contribution in [1.29, 1.82) is 0 Å². The molecule has 0 aliphatic carbocycles. The van der Waals surface area contributed by atoms with Gasteiger partial charge in [-0.1, -0.05) is 37.0 Å². The van der Waals surface area contributed by atoms with Crippen molar-refractivity contribution in [2.24, 2.45) is 0 Å². The van der Waals surface area contributed by atoms with E-state index in [1.165, 1.54) is 4.90 Å². The van der Waals surface area contributed by atoms with Gasteiger partial charge in [0.1, 0.15) is 0 Å². The number of nitrogens with zero attached hydrogens (tertiary/aromatic N) is 1. The Morgan fingerprint density at radius 3 is 2.70 bits per heavy atom. The Morgan fingerprint density at radius 2 is 2.15 bits per heavy atom. The Hall–Kier alpha value is -1.81. The molecule has 0 aliphatic heterocycles. The maximum absolute atomic E-state index is 10.7. The van der Waals surface area contributed by atoms with Crippen LogP contribution in [-0.4, -0.2) is 43.3 Å². The SMILES string of the molecule is C=C/C=C(/C=C/CCCNC)C(\C)=C\CN(C)C(=O)O. The molecule has 4 heteroatoms. The highest BCUT2D eigenvalue weighted by atomic mass is 16.4. The topological polar surface area (TPSA) is 52.6 Å². The van der Waals surface area contributed by atoms with Crippen LogP contribution in [0.2, 0.25) is 0 Å². The van der Waals surface area contributed by atoms with Crippen LogP contribution in [0.4, 0.5) is 4.79 Å². The van der Waals surface area contributed by atoms with Crippen LogP contribution in [0.5, 0.6) is 0 Å². The van der Waals surface area contributed by atoms with Crippen molar-refractivity contribution in [3.8, 4) is 0 Å². The van der Waals surface area contributed by atoms with Crippen molar-refractivity contribution in [1.82, 2.24) is 10.2 Å². The van der Waals surface area contributed by atoms with Gasteiger partial charge >= 0.3 is 6.09 Å². The van der Waals surface area contributed by atoms with E-state index in [2.05, 4.69) is 24.0 Å². The monoisotopic (exact) mass is 278 g/mol. The summed E-state index contributed by atoms with van der Waals surface area (Å²) in [7, 11) is 3.50. The van der Waals surface area contributed by atoms with E-state index in [0.717, 1.165) is 30.5 Å². The van der Waals surface area contributed by atoms with E-state index in [-0.39, 0.29) is 0 Å². The summed E-state index contributed by atoms with van der Waals surface area (Å²) in [5.74, 6) is 0. The van der Waals surface area contributed by atoms with Gasteiger partial charge in [-0.25, -0.2) is 4.79 Å². The summed E-state index contributed by atoms with van der Waals surface area (Å²) in [6.45, 7) is 7.07. The summed E-state index contributed by atoms with van der Waals surface area (Å²) in [4.78, 5) is 12.0. The highest BCUT2D eigenvalue weighted by Gasteiger charge is 2.03. The maximum Gasteiger partial charge on any atom is 0.407 e. The van der Waals surface area contributed by atoms with E-state index in [9.17, 15) is 4.79 Å². The smallest absolute Gasteiger partial charge is 0.407 e. The zero-order chi connectivity index (χ0) is 15.4. The third-order valence-electron chi connectivity index (χ3n) is 2.85. The van der Waals surface area contributed by atoms with E-state index < -0.39 is 6.09 Å². The van der Waals surface area contributed by atoms with Gasteiger partial charge in [0.2, 0.25) is 0 Å². The van der Waals surface area contributed by atoms with Crippen LogP contribution in [0.25, 0.3) is 0 Å². The fourth-order valence-corrected chi connectivity index (χ4v) is 1.52. The standard InChI is InChI=1S/C16H26N2O2/c1-5-9-15(10-7-6-8-12-17-3)14(2)11-13-18(4)16(19)20/h5,7,9-11,17H,1,6,8,12-13H2,2-4H3,(H,19,20)/b10-7+,14-11+,15-9-. The second kappa shape index (κ2) is 11.1. The van der Waals surface area contributed by atoms with E-state index in [0.29, 0.717) is 6.54 Å². The van der Waals surface area contributed by atoms with Crippen molar-refractivity contribution in [3.05, 3.63) is 48.1 Å². The third kappa shape index (κ3) is 8.32. The number of likely N-dealkylation sites (N-methyl/N-ethyl adjacent to an activating group) is 1. The van der Waals surface area contributed by atoms with Gasteiger partial charge in [-0.3, -0.25) is 0 Å². The molecule has 4 nitrogen and oxygen atoms in total. The van der Waals surface area contributed by atoms with Gasteiger partial charge in [0.15, 0.2) is 0 Å². The Balaban J connectivity index is 4.58. The Labute approximate surface area is 122 Å². The summed E-state index contributed by atoms with van der Waals surface area (Å²) < 4.78 is 0. The zero-order valence-corrected chi connectivity index (χ0v) is 12.7. The number of rotatable bonds is 9. The number of unbranched alkanes of at least 4 members (excludes halogenated alkanes) is 1. The molecule has 112 valence electrons. The van der Waals surface area contributed by atoms with Gasteiger partial charge in [0, 0.05) is 13.6 Å². The molecular weight excluding hydrogens is 252 g/mol. The number of amides is 1. The second-order valence-electron chi connectivity index (χ2n) is 4.56.